The average molecular weight is 519 g/mol. The number of anilines is 1. The van der Waals surface area contributed by atoms with Gasteiger partial charge in [0.05, 0.1) is 17.3 Å². The second-order valence-corrected chi connectivity index (χ2v) is 8.12. The first-order valence-electron chi connectivity index (χ1n) is 10.3. The molecule has 0 heterocycles. The molecule has 0 radical (unpaired) electrons. The molecule has 0 saturated carbocycles. The zero-order valence-corrected chi connectivity index (χ0v) is 20.3. The number of para-hydroxylation sites is 1. The number of carbonyl (C=O) groups excluding carboxylic acids is 3. The monoisotopic (exact) mass is 518 g/mol. The van der Waals surface area contributed by atoms with Crippen LogP contribution in [0.25, 0.3) is 0 Å². The molecule has 0 spiro atoms. The third-order valence-electron chi connectivity index (χ3n) is 3.99. The summed E-state index contributed by atoms with van der Waals surface area (Å²) in [6, 6.07) is 12.4. The summed E-state index contributed by atoms with van der Waals surface area (Å²) < 4.78 is 11.8. The van der Waals surface area contributed by atoms with Gasteiger partial charge in [0.15, 0.2) is 18.1 Å². The Labute approximate surface area is 201 Å². The van der Waals surface area contributed by atoms with Crippen LogP contribution in [0.3, 0.4) is 0 Å². The van der Waals surface area contributed by atoms with Gasteiger partial charge in [0, 0.05) is 12.2 Å². The Balaban J connectivity index is 2.01. The Morgan fingerprint density at radius 2 is 1.82 bits per heavy atom. The van der Waals surface area contributed by atoms with Crippen molar-refractivity contribution in [1.29, 1.82) is 0 Å². The summed E-state index contributed by atoms with van der Waals surface area (Å²) in [6.45, 7) is 6.21. The molecule has 2 aromatic rings. The van der Waals surface area contributed by atoms with Crippen molar-refractivity contribution < 1.29 is 23.9 Å². The van der Waals surface area contributed by atoms with Crippen molar-refractivity contribution in [2.75, 3.05) is 25.1 Å². The molecule has 0 aliphatic carbocycles. The summed E-state index contributed by atoms with van der Waals surface area (Å²) in [5, 5.41) is 9.07. The van der Waals surface area contributed by atoms with Gasteiger partial charge in [-0.2, -0.15) is 5.10 Å². The normalized spacial score (nSPS) is 10.7. The largest absolute Gasteiger partial charge is 0.490 e. The molecule has 10 heteroatoms. The lowest BCUT2D eigenvalue weighted by Crippen LogP contribution is -2.39. The van der Waals surface area contributed by atoms with E-state index < -0.39 is 11.8 Å². The zero-order chi connectivity index (χ0) is 24.2. The summed E-state index contributed by atoms with van der Waals surface area (Å²) in [4.78, 5) is 35.7. The number of rotatable bonds is 10. The highest BCUT2D eigenvalue weighted by Crippen LogP contribution is 2.36. The van der Waals surface area contributed by atoms with E-state index in [1.54, 1.807) is 24.3 Å². The van der Waals surface area contributed by atoms with Crippen molar-refractivity contribution >= 4 is 45.6 Å². The Morgan fingerprint density at radius 3 is 2.48 bits per heavy atom. The SMILES string of the molecule is CCOc1cc(/C=N\NC(=O)C(=O)NCC(C)C)cc(Br)c1OCC(=O)Nc1ccccc1. The molecule has 33 heavy (non-hydrogen) atoms. The lowest BCUT2D eigenvalue weighted by atomic mass is 10.2. The van der Waals surface area contributed by atoms with Crippen LogP contribution in [0.15, 0.2) is 52.0 Å². The van der Waals surface area contributed by atoms with Crippen LogP contribution in [0.2, 0.25) is 0 Å². The number of hydrogen-bond acceptors (Lipinski definition) is 6. The van der Waals surface area contributed by atoms with E-state index in [4.69, 9.17) is 9.47 Å². The van der Waals surface area contributed by atoms with Crippen molar-refractivity contribution in [3.05, 3.63) is 52.5 Å². The van der Waals surface area contributed by atoms with E-state index in [-0.39, 0.29) is 18.4 Å². The van der Waals surface area contributed by atoms with E-state index in [9.17, 15) is 14.4 Å². The molecule has 0 aromatic heterocycles. The van der Waals surface area contributed by atoms with Crippen LogP contribution >= 0.6 is 15.9 Å². The maximum absolute atomic E-state index is 12.2. The first-order chi connectivity index (χ1) is 15.8. The van der Waals surface area contributed by atoms with Crippen molar-refractivity contribution in [3.63, 3.8) is 0 Å². The maximum Gasteiger partial charge on any atom is 0.329 e. The minimum Gasteiger partial charge on any atom is -0.490 e. The van der Waals surface area contributed by atoms with E-state index in [1.165, 1.54) is 6.21 Å². The van der Waals surface area contributed by atoms with Gasteiger partial charge in [-0.15, -0.1) is 0 Å². The second kappa shape index (κ2) is 13.2. The average Bonchev–Trinajstić information content (AvgIpc) is 2.77. The fraction of sp³-hybridized carbons (Fsp3) is 0.304. The van der Waals surface area contributed by atoms with Crippen LogP contribution in [0.4, 0.5) is 5.69 Å². The molecule has 2 aromatic carbocycles. The van der Waals surface area contributed by atoms with E-state index in [0.29, 0.717) is 40.4 Å². The van der Waals surface area contributed by atoms with Crippen molar-refractivity contribution in [2.24, 2.45) is 11.0 Å². The highest BCUT2D eigenvalue weighted by molar-refractivity contribution is 9.10. The molecule has 0 bridgehead atoms. The number of ether oxygens (including phenoxy) is 2. The quantitative estimate of drug-likeness (QED) is 0.253. The molecule has 0 saturated heterocycles. The molecule has 176 valence electrons. The van der Waals surface area contributed by atoms with Gasteiger partial charge in [0.1, 0.15) is 0 Å². The van der Waals surface area contributed by atoms with Gasteiger partial charge >= 0.3 is 11.8 Å². The van der Waals surface area contributed by atoms with E-state index >= 15 is 0 Å². The van der Waals surface area contributed by atoms with Gasteiger partial charge in [0.2, 0.25) is 0 Å². The summed E-state index contributed by atoms with van der Waals surface area (Å²) in [7, 11) is 0. The lowest BCUT2D eigenvalue weighted by Gasteiger charge is -2.14. The molecule has 3 amide bonds. The van der Waals surface area contributed by atoms with E-state index in [2.05, 4.69) is 37.1 Å². The molecule has 0 unspecified atom stereocenters. The smallest absolute Gasteiger partial charge is 0.329 e. The molecular weight excluding hydrogens is 492 g/mol. The predicted molar refractivity (Wildman–Crippen MR) is 129 cm³/mol. The molecule has 2 rings (SSSR count). The summed E-state index contributed by atoms with van der Waals surface area (Å²) in [5.41, 5.74) is 3.43. The first kappa shape index (κ1) is 25.9. The van der Waals surface area contributed by atoms with Crippen LogP contribution < -0.4 is 25.5 Å². The molecule has 0 fully saturated rings. The fourth-order valence-electron chi connectivity index (χ4n) is 2.52. The molecule has 0 aliphatic rings. The number of carbonyl (C=O) groups is 3. The Morgan fingerprint density at radius 1 is 1.09 bits per heavy atom. The van der Waals surface area contributed by atoms with Gasteiger partial charge in [-0.25, -0.2) is 5.43 Å². The van der Waals surface area contributed by atoms with Crippen molar-refractivity contribution in [3.8, 4) is 11.5 Å². The van der Waals surface area contributed by atoms with E-state index in [0.717, 1.165) is 0 Å². The van der Waals surface area contributed by atoms with Gasteiger partial charge < -0.3 is 20.1 Å². The van der Waals surface area contributed by atoms with E-state index in [1.807, 2.05) is 39.0 Å². The highest BCUT2D eigenvalue weighted by Gasteiger charge is 2.15. The summed E-state index contributed by atoms with van der Waals surface area (Å²) in [6.07, 6.45) is 1.37. The Hall–Kier alpha value is -3.40. The number of halogens is 1. The van der Waals surface area contributed by atoms with Crippen LogP contribution in [0.1, 0.15) is 26.3 Å². The van der Waals surface area contributed by atoms with Crippen LogP contribution in [0.5, 0.6) is 11.5 Å². The second-order valence-electron chi connectivity index (χ2n) is 7.27. The van der Waals surface area contributed by atoms with Gasteiger partial charge in [0.25, 0.3) is 5.91 Å². The summed E-state index contributed by atoms with van der Waals surface area (Å²) >= 11 is 3.41. The number of hydrogen-bond donors (Lipinski definition) is 3. The third kappa shape index (κ3) is 8.93. The number of nitrogens with zero attached hydrogens (tertiary/aromatic N) is 1. The number of amides is 3. The molecule has 0 aliphatic heterocycles. The zero-order valence-electron chi connectivity index (χ0n) is 18.7. The first-order valence-corrected chi connectivity index (χ1v) is 11.1. The minimum absolute atomic E-state index is 0.220. The van der Waals surface area contributed by atoms with Crippen molar-refractivity contribution in [1.82, 2.24) is 10.7 Å². The minimum atomic E-state index is -0.861. The van der Waals surface area contributed by atoms with Crippen LogP contribution in [-0.4, -0.2) is 43.7 Å². The van der Waals surface area contributed by atoms with Crippen LogP contribution in [-0.2, 0) is 14.4 Å². The molecule has 9 nitrogen and oxygen atoms in total. The number of hydrazone groups is 1. The van der Waals surface area contributed by atoms with Gasteiger partial charge in [-0.1, -0.05) is 32.0 Å². The number of nitrogens with one attached hydrogen (secondary N) is 3. The fourth-order valence-corrected chi connectivity index (χ4v) is 3.09. The standard InChI is InChI=1S/C23H27BrN4O5/c1-4-32-19-11-16(13-26-28-23(31)22(30)25-12-15(2)3)10-18(24)21(19)33-14-20(29)27-17-8-6-5-7-9-17/h5-11,13,15H,4,12,14H2,1-3H3,(H,25,30)(H,27,29)(H,28,31)/b26-13-. The molecular formula is C23H27BrN4O5. The molecule has 0 atom stereocenters. The summed E-state index contributed by atoms with van der Waals surface area (Å²) in [5.74, 6) is -0.963. The predicted octanol–water partition coefficient (Wildman–Crippen LogP) is 3.09. The topological polar surface area (TPSA) is 118 Å². The van der Waals surface area contributed by atoms with Crippen molar-refractivity contribution in [2.45, 2.75) is 20.8 Å². The van der Waals surface area contributed by atoms with Crippen LogP contribution in [0, 0.1) is 5.92 Å². The number of benzene rings is 2. The lowest BCUT2D eigenvalue weighted by molar-refractivity contribution is -0.139. The van der Waals surface area contributed by atoms with Gasteiger partial charge in [-0.05, 0) is 58.6 Å². The molecule has 3 N–H and O–H groups in total. The Kier molecular flexibility index (Phi) is 10.4. The Bertz CT molecular complexity index is 996. The maximum atomic E-state index is 12.2. The van der Waals surface area contributed by atoms with Gasteiger partial charge in [-0.3, -0.25) is 14.4 Å². The third-order valence-corrected chi connectivity index (χ3v) is 4.58. The highest BCUT2D eigenvalue weighted by atomic mass is 79.9.